The lowest BCUT2D eigenvalue weighted by Gasteiger charge is -2.10. The molecule has 1 aromatic rings. The second-order valence-corrected chi connectivity index (χ2v) is 4.22. The summed E-state index contributed by atoms with van der Waals surface area (Å²) in [5, 5.41) is 11.5. The Hall–Kier alpha value is -1.26. The molecular formula is C11H14N2O3S. The van der Waals surface area contributed by atoms with E-state index in [9.17, 15) is 4.21 Å². The van der Waals surface area contributed by atoms with Crippen molar-refractivity contribution in [1.82, 2.24) is 5.32 Å². The Bertz CT molecular complexity index is 385. The Morgan fingerprint density at radius 3 is 2.18 bits per heavy atom. The summed E-state index contributed by atoms with van der Waals surface area (Å²) in [6, 6.07) is 7.83. The number of nitrogens with one attached hydrogen (secondary N) is 1. The molecule has 1 fully saturated rings. The highest BCUT2D eigenvalue weighted by molar-refractivity contribution is 7.79. The minimum Gasteiger partial charge on any atom is -0.379 e. The van der Waals surface area contributed by atoms with Crippen molar-refractivity contribution in [3.8, 4) is 6.07 Å². The SMILES string of the molecule is C1COCCN1.N#Cc1ccc(S(=O)O)cc1. The average molecular weight is 254 g/mol. The first kappa shape index (κ1) is 13.8. The normalized spacial score (nSPS) is 16.2. The Balaban J connectivity index is 0.000000202. The van der Waals surface area contributed by atoms with Gasteiger partial charge in [-0.3, -0.25) is 0 Å². The lowest BCUT2D eigenvalue weighted by molar-refractivity contribution is 0.109. The van der Waals surface area contributed by atoms with Gasteiger partial charge in [0, 0.05) is 13.1 Å². The molecule has 1 heterocycles. The second-order valence-electron chi connectivity index (χ2n) is 3.25. The summed E-state index contributed by atoms with van der Waals surface area (Å²) >= 11 is -1.95. The van der Waals surface area contributed by atoms with Gasteiger partial charge in [-0.25, -0.2) is 4.21 Å². The van der Waals surface area contributed by atoms with Crippen LogP contribution >= 0.6 is 0 Å². The van der Waals surface area contributed by atoms with Gasteiger partial charge in [-0.2, -0.15) is 5.26 Å². The molecule has 1 atom stereocenters. The van der Waals surface area contributed by atoms with E-state index < -0.39 is 11.1 Å². The summed E-state index contributed by atoms with van der Waals surface area (Å²) < 4.78 is 24.0. The zero-order valence-corrected chi connectivity index (χ0v) is 10.1. The molecule has 6 heteroatoms. The lowest BCUT2D eigenvalue weighted by atomic mass is 10.2. The van der Waals surface area contributed by atoms with E-state index >= 15 is 0 Å². The summed E-state index contributed by atoms with van der Waals surface area (Å²) in [5.74, 6) is 0. The highest BCUT2D eigenvalue weighted by Gasteiger charge is 1.97. The van der Waals surface area contributed by atoms with Crippen LogP contribution in [-0.2, 0) is 15.8 Å². The number of hydrogen-bond donors (Lipinski definition) is 2. The molecule has 1 aliphatic rings. The minimum atomic E-state index is -1.95. The van der Waals surface area contributed by atoms with Crippen molar-refractivity contribution >= 4 is 11.1 Å². The first-order chi connectivity index (χ1) is 8.24. The number of ether oxygens (including phenoxy) is 1. The molecule has 0 radical (unpaired) electrons. The van der Waals surface area contributed by atoms with Gasteiger partial charge in [0.2, 0.25) is 0 Å². The molecule has 0 spiro atoms. The van der Waals surface area contributed by atoms with Crippen LogP contribution in [0.15, 0.2) is 29.2 Å². The molecule has 1 saturated heterocycles. The third-order valence-corrected chi connectivity index (χ3v) is 2.71. The van der Waals surface area contributed by atoms with Crippen LogP contribution in [0.1, 0.15) is 5.56 Å². The molecule has 1 aliphatic heterocycles. The van der Waals surface area contributed by atoms with E-state index in [-0.39, 0.29) is 0 Å². The van der Waals surface area contributed by atoms with Crippen LogP contribution in [-0.4, -0.2) is 35.1 Å². The quantitative estimate of drug-likeness (QED) is 0.722. The summed E-state index contributed by atoms with van der Waals surface area (Å²) in [6.07, 6.45) is 0. The van der Waals surface area contributed by atoms with Gasteiger partial charge in [0.1, 0.15) is 0 Å². The van der Waals surface area contributed by atoms with Crippen LogP contribution in [0, 0.1) is 11.3 Å². The summed E-state index contributed by atoms with van der Waals surface area (Å²) in [4.78, 5) is 0.309. The van der Waals surface area contributed by atoms with Gasteiger partial charge in [-0.15, -0.1) is 0 Å². The van der Waals surface area contributed by atoms with Crippen LogP contribution in [0.3, 0.4) is 0 Å². The fourth-order valence-corrected chi connectivity index (χ4v) is 1.53. The van der Waals surface area contributed by atoms with E-state index in [0.717, 1.165) is 26.3 Å². The Kier molecular flexibility index (Phi) is 6.43. The third kappa shape index (κ3) is 5.56. The maximum atomic E-state index is 10.4. The number of nitrogens with zero attached hydrogens (tertiary/aromatic N) is 1. The molecule has 1 unspecified atom stereocenters. The number of rotatable bonds is 1. The van der Waals surface area contributed by atoms with Gasteiger partial charge in [-0.1, -0.05) is 0 Å². The first-order valence-corrected chi connectivity index (χ1v) is 6.24. The zero-order chi connectivity index (χ0) is 12.5. The van der Waals surface area contributed by atoms with E-state index in [2.05, 4.69) is 5.32 Å². The Morgan fingerprint density at radius 1 is 1.29 bits per heavy atom. The molecule has 5 nitrogen and oxygen atoms in total. The van der Waals surface area contributed by atoms with Gasteiger partial charge in [-0.05, 0) is 24.3 Å². The fourth-order valence-electron chi connectivity index (χ4n) is 1.16. The maximum Gasteiger partial charge on any atom is 0.186 e. The van der Waals surface area contributed by atoms with E-state index in [1.165, 1.54) is 24.3 Å². The molecule has 0 aliphatic carbocycles. The van der Waals surface area contributed by atoms with Crippen molar-refractivity contribution in [3.05, 3.63) is 29.8 Å². The number of hydrogen-bond acceptors (Lipinski definition) is 4. The molecule has 0 bridgehead atoms. The smallest absolute Gasteiger partial charge is 0.186 e. The van der Waals surface area contributed by atoms with Gasteiger partial charge in [0.05, 0.1) is 29.7 Å². The van der Waals surface area contributed by atoms with Crippen LogP contribution in [0.4, 0.5) is 0 Å². The van der Waals surface area contributed by atoms with Crippen LogP contribution in [0.2, 0.25) is 0 Å². The predicted octanol–water partition coefficient (Wildman–Crippen LogP) is 0.745. The Labute approximate surface area is 103 Å². The highest BCUT2D eigenvalue weighted by atomic mass is 32.2. The van der Waals surface area contributed by atoms with Crippen molar-refractivity contribution < 1.29 is 13.5 Å². The molecule has 2 N–H and O–H groups in total. The average Bonchev–Trinajstić information content (AvgIpc) is 2.41. The fraction of sp³-hybridized carbons (Fsp3) is 0.364. The Morgan fingerprint density at radius 2 is 1.88 bits per heavy atom. The molecule has 0 saturated carbocycles. The van der Waals surface area contributed by atoms with Crippen LogP contribution in [0.25, 0.3) is 0 Å². The third-order valence-electron chi connectivity index (χ3n) is 2.03. The largest absolute Gasteiger partial charge is 0.379 e. The molecule has 0 aromatic heterocycles. The minimum absolute atomic E-state index is 0.309. The molecule has 0 amide bonds. The molecule has 1 aromatic carbocycles. The first-order valence-electron chi connectivity index (χ1n) is 5.13. The standard InChI is InChI=1S/C7H5NO2S.C4H9NO/c8-5-6-1-3-7(4-2-6)11(9)10;1-3-6-4-2-5-1/h1-4H,(H,9,10);5H,1-4H2. The van der Waals surface area contributed by atoms with E-state index in [1.54, 1.807) is 0 Å². The molecule has 2 rings (SSSR count). The zero-order valence-electron chi connectivity index (χ0n) is 9.26. The predicted molar refractivity (Wildman–Crippen MR) is 63.9 cm³/mol. The second kappa shape index (κ2) is 7.92. The van der Waals surface area contributed by atoms with Crippen molar-refractivity contribution in [2.45, 2.75) is 4.90 Å². The monoisotopic (exact) mass is 254 g/mol. The summed E-state index contributed by atoms with van der Waals surface area (Å²) in [6.45, 7) is 3.83. The van der Waals surface area contributed by atoms with Crippen LogP contribution < -0.4 is 5.32 Å². The van der Waals surface area contributed by atoms with Crippen molar-refractivity contribution in [1.29, 1.82) is 5.26 Å². The number of morpholine rings is 1. The lowest BCUT2D eigenvalue weighted by Crippen LogP contribution is -2.30. The summed E-state index contributed by atoms with van der Waals surface area (Å²) in [7, 11) is 0. The van der Waals surface area contributed by atoms with Crippen molar-refractivity contribution in [2.24, 2.45) is 0 Å². The van der Waals surface area contributed by atoms with E-state index in [4.69, 9.17) is 14.6 Å². The molecular weight excluding hydrogens is 240 g/mol. The molecule has 92 valence electrons. The number of benzene rings is 1. The topological polar surface area (TPSA) is 82.3 Å². The van der Waals surface area contributed by atoms with Crippen LogP contribution in [0.5, 0.6) is 0 Å². The maximum absolute atomic E-state index is 10.4. The van der Waals surface area contributed by atoms with E-state index in [1.807, 2.05) is 6.07 Å². The van der Waals surface area contributed by atoms with Crippen molar-refractivity contribution in [2.75, 3.05) is 26.3 Å². The van der Waals surface area contributed by atoms with E-state index in [0.29, 0.717) is 10.5 Å². The van der Waals surface area contributed by atoms with Gasteiger partial charge in [0.25, 0.3) is 0 Å². The van der Waals surface area contributed by atoms with Gasteiger partial charge < -0.3 is 14.6 Å². The van der Waals surface area contributed by atoms with Crippen molar-refractivity contribution in [3.63, 3.8) is 0 Å². The molecule has 17 heavy (non-hydrogen) atoms. The number of nitriles is 1. The van der Waals surface area contributed by atoms with Gasteiger partial charge >= 0.3 is 0 Å². The summed E-state index contributed by atoms with van der Waals surface area (Å²) in [5.41, 5.74) is 0.485. The van der Waals surface area contributed by atoms with Gasteiger partial charge in [0.15, 0.2) is 11.1 Å². The highest BCUT2D eigenvalue weighted by Crippen LogP contribution is 2.05.